The maximum absolute atomic E-state index is 12.1. The number of ether oxygens (including phenoxy) is 1. The molecule has 0 saturated heterocycles. The first-order chi connectivity index (χ1) is 28.2. The second-order valence-corrected chi connectivity index (χ2v) is 13.4. The second-order valence-electron chi connectivity index (χ2n) is 13.4. The minimum Gasteiger partial charge on any atom is -0.464 e. The molecule has 0 radical (unpaired) electrons. The second kappa shape index (κ2) is 16.9. The molecule has 0 spiro atoms. The fraction of sp³-hybridized carbons (Fsp3) is 0.163. The van der Waals surface area contributed by atoms with Crippen LogP contribution in [0.2, 0.25) is 0 Å². The van der Waals surface area contributed by atoms with E-state index in [2.05, 4.69) is 54.3 Å². The number of benzene rings is 4. The molecule has 4 aromatic heterocycles. The number of hydrogen-bond acceptors (Lipinski definition) is 14. The molecule has 1 amide bonds. The van der Waals surface area contributed by atoms with Crippen LogP contribution in [0, 0.1) is 37.5 Å². The maximum atomic E-state index is 12.1. The number of para-hydroxylation sites is 2. The number of esters is 1. The molecular weight excluding hydrogens is 769 g/mol. The Morgan fingerprint density at radius 2 is 1.10 bits per heavy atom. The van der Waals surface area contributed by atoms with Crippen molar-refractivity contribution in [1.29, 1.82) is 0 Å². The van der Waals surface area contributed by atoms with Crippen LogP contribution in [0.25, 0.3) is 33.2 Å². The Hall–Kier alpha value is -7.96. The number of nitrogens with zero attached hydrogens (tertiary/aromatic N) is 8. The van der Waals surface area contributed by atoms with Crippen LogP contribution in [0.1, 0.15) is 69.5 Å². The summed E-state index contributed by atoms with van der Waals surface area (Å²) in [5.41, 5.74) is 6.93. The lowest BCUT2D eigenvalue weighted by molar-refractivity contribution is 0.0595. The number of amides is 1. The highest BCUT2D eigenvalue weighted by molar-refractivity contribution is 6.04. The van der Waals surface area contributed by atoms with Gasteiger partial charge in [0.15, 0.2) is 11.4 Å². The molecule has 0 aliphatic heterocycles. The number of rotatable bonds is 6. The zero-order valence-corrected chi connectivity index (χ0v) is 33.0. The molecule has 17 heteroatoms. The Bertz CT molecular complexity index is 3010. The van der Waals surface area contributed by atoms with Gasteiger partial charge in [-0.1, -0.05) is 72.2 Å². The fourth-order valence-corrected chi connectivity index (χ4v) is 5.87. The van der Waals surface area contributed by atoms with Gasteiger partial charge in [0.05, 0.1) is 29.5 Å². The van der Waals surface area contributed by atoms with Crippen LogP contribution >= 0.6 is 0 Å². The largest absolute Gasteiger partial charge is 0.464 e. The lowest BCUT2D eigenvalue weighted by atomic mass is 10.1. The van der Waals surface area contributed by atoms with E-state index in [0.29, 0.717) is 45.1 Å². The first-order valence-electron chi connectivity index (χ1n) is 17.9. The molecular formula is C43H38N10O7. The summed E-state index contributed by atoms with van der Waals surface area (Å²) in [6, 6.07) is 29.3. The van der Waals surface area contributed by atoms with Gasteiger partial charge < -0.3 is 35.7 Å². The highest BCUT2D eigenvalue weighted by Gasteiger charge is 2.28. The first kappa shape index (κ1) is 41.7. The summed E-state index contributed by atoms with van der Waals surface area (Å²) in [5.74, 6) is 11.0. The lowest BCUT2D eigenvalue weighted by Crippen LogP contribution is -2.19. The van der Waals surface area contributed by atoms with Gasteiger partial charge in [-0.2, -0.15) is 10.2 Å². The standard InChI is InChI=1S/C22H18N4O4.C21H17N5O3.H3N/c1-14-23-24-21(30-14)22(2,28)12-11-15-7-6-8-16(13-15)26-18-10-5-4-9-17(18)19(25-26)20(27)29-3;1-13-23-24-20(29-13)21(2,28)11-10-14-6-5-7-15(12-14)26-17-9-4-3-8-16(17)18(25-26)19(22)27;/h4-10,13,28H,1-3H3;3-9,12,28H,1-2H3,(H2,22,27);1H3/t22-;21-;/m11./s1. The van der Waals surface area contributed by atoms with Crippen LogP contribution in [0.3, 0.4) is 0 Å². The summed E-state index contributed by atoms with van der Waals surface area (Å²) in [6.07, 6.45) is 0. The number of nitrogens with two attached hydrogens (primary N) is 1. The van der Waals surface area contributed by atoms with Gasteiger partial charge in [0, 0.05) is 35.7 Å². The molecule has 8 aromatic rings. The van der Waals surface area contributed by atoms with Crippen molar-refractivity contribution < 1.29 is 33.4 Å². The lowest BCUT2D eigenvalue weighted by Gasteiger charge is -2.10. The van der Waals surface area contributed by atoms with Gasteiger partial charge >= 0.3 is 5.97 Å². The molecule has 4 aromatic carbocycles. The number of aromatic nitrogens is 8. The van der Waals surface area contributed by atoms with Crippen LogP contribution in [-0.2, 0) is 15.9 Å². The number of aliphatic hydroxyl groups is 2. The molecule has 0 saturated carbocycles. The van der Waals surface area contributed by atoms with Crippen molar-refractivity contribution in [3.05, 3.63) is 143 Å². The van der Waals surface area contributed by atoms with Gasteiger partial charge in [-0.05, 0) is 62.4 Å². The summed E-state index contributed by atoms with van der Waals surface area (Å²) in [5, 5.41) is 46.3. The van der Waals surface area contributed by atoms with Gasteiger partial charge in [-0.3, -0.25) is 4.79 Å². The fourth-order valence-electron chi connectivity index (χ4n) is 5.87. The Labute approximate surface area is 342 Å². The van der Waals surface area contributed by atoms with E-state index in [1.165, 1.54) is 21.0 Å². The van der Waals surface area contributed by atoms with Crippen LogP contribution in [0.5, 0.6) is 0 Å². The molecule has 0 bridgehead atoms. The molecule has 0 fully saturated rings. The summed E-state index contributed by atoms with van der Waals surface area (Å²) in [4.78, 5) is 23.9. The van der Waals surface area contributed by atoms with E-state index in [0.717, 1.165) is 11.0 Å². The number of methoxy groups -OCH3 is 1. The van der Waals surface area contributed by atoms with E-state index in [-0.39, 0.29) is 29.3 Å². The highest BCUT2D eigenvalue weighted by atomic mass is 16.5. The van der Waals surface area contributed by atoms with E-state index in [1.54, 1.807) is 47.5 Å². The summed E-state index contributed by atoms with van der Waals surface area (Å²) < 4.78 is 18.7. The zero-order valence-electron chi connectivity index (χ0n) is 33.0. The number of carbonyl (C=O) groups is 2. The van der Waals surface area contributed by atoms with Gasteiger partial charge in [0.25, 0.3) is 17.7 Å². The average Bonchev–Trinajstić information content (AvgIpc) is 4.05. The third kappa shape index (κ3) is 8.64. The van der Waals surface area contributed by atoms with E-state index in [4.69, 9.17) is 19.3 Å². The molecule has 60 heavy (non-hydrogen) atoms. The van der Waals surface area contributed by atoms with E-state index < -0.39 is 23.1 Å². The van der Waals surface area contributed by atoms with Crippen molar-refractivity contribution in [1.82, 2.24) is 46.1 Å². The molecule has 4 heterocycles. The van der Waals surface area contributed by atoms with Crippen LogP contribution in [0.4, 0.5) is 0 Å². The van der Waals surface area contributed by atoms with Gasteiger partial charge in [0.2, 0.25) is 23.0 Å². The maximum Gasteiger partial charge on any atom is 0.359 e. The van der Waals surface area contributed by atoms with Gasteiger partial charge in [-0.15, -0.1) is 20.4 Å². The normalized spacial score (nSPS) is 12.7. The van der Waals surface area contributed by atoms with E-state index in [9.17, 15) is 19.8 Å². The Balaban J connectivity index is 0.000000198. The third-order valence-electron chi connectivity index (χ3n) is 8.75. The molecule has 0 aliphatic rings. The van der Waals surface area contributed by atoms with Crippen LogP contribution < -0.4 is 11.9 Å². The SMILES string of the molecule is COC(=O)c1nn(-c2cccc(C#C[C@@](C)(O)c3nnc(C)o3)c2)c2ccccc12.Cc1nnc([C@](C)(O)C#Cc2cccc(-n3nc(C(N)=O)c4ccccc43)c2)o1.N. The monoisotopic (exact) mass is 806 g/mol. The average molecular weight is 807 g/mol. The number of carbonyl (C=O) groups excluding carboxylic acids is 2. The van der Waals surface area contributed by atoms with Crippen molar-refractivity contribution in [3.8, 4) is 35.1 Å². The van der Waals surface area contributed by atoms with Crippen LogP contribution in [0.15, 0.2) is 106 Å². The van der Waals surface area contributed by atoms with Gasteiger partial charge in [-0.25, -0.2) is 14.2 Å². The zero-order chi connectivity index (χ0) is 41.9. The summed E-state index contributed by atoms with van der Waals surface area (Å²) in [6.45, 7) is 6.25. The number of aryl methyl sites for hydroxylation is 2. The molecule has 302 valence electrons. The topological polar surface area (TPSA) is 258 Å². The minimum atomic E-state index is -1.59. The summed E-state index contributed by atoms with van der Waals surface area (Å²) in [7, 11) is 1.32. The van der Waals surface area contributed by atoms with Crippen molar-refractivity contribution in [3.63, 3.8) is 0 Å². The molecule has 17 nitrogen and oxygen atoms in total. The van der Waals surface area contributed by atoms with Gasteiger partial charge in [0.1, 0.15) is 0 Å². The quantitative estimate of drug-likeness (QED) is 0.127. The summed E-state index contributed by atoms with van der Waals surface area (Å²) >= 11 is 0. The number of primary amides is 1. The van der Waals surface area contributed by atoms with Crippen LogP contribution in [-0.4, -0.2) is 69.2 Å². The number of hydrogen-bond donors (Lipinski definition) is 4. The highest BCUT2D eigenvalue weighted by Crippen LogP contribution is 2.25. The Kier molecular flexibility index (Phi) is 11.7. The molecule has 0 unspecified atom stereocenters. The Morgan fingerprint density at radius 1 is 0.667 bits per heavy atom. The molecule has 2 atom stereocenters. The van der Waals surface area contributed by atoms with Crippen molar-refractivity contribution in [2.75, 3.05) is 7.11 Å². The van der Waals surface area contributed by atoms with E-state index >= 15 is 0 Å². The number of fused-ring (bicyclic) bond motifs is 2. The minimum absolute atomic E-state index is 0. The third-order valence-corrected chi connectivity index (χ3v) is 8.75. The molecule has 0 aliphatic carbocycles. The predicted octanol–water partition coefficient (Wildman–Crippen LogP) is 5.00. The van der Waals surface area contributed by atoms with Crippen molar-refractivity contribution in [2.45, 2.75) is 38.9 Å². The van der Waals surface area contributed by atoms with Crippen molar-refractivity contribution >= 4 is 33.7 Å². The smallest absolute Gasteiger partial charge is 0.359 e. The first-order valence-corrected chi connectivity index (χ1v) is 17.9. The molecule has 8 rings (SSSR count). The Morgan fingerprint density at radius 3 is 1.52 bits per heavy atom. The van der Waals surface area contributed by atoms with Crippen molar-refractivity contribution in [2.24, 2.45) is 5.73 Å². The predicted molar refractivity (Wildman–Crippen MR) is 218 cm³/mol. The van der Waals surface area contributed by atoms with E-state index in [1.807, 2.05) is 72.8 Å². The molecule has 7 N–H and O–H groups in total.